The van der Waals surface area contributed by atoms with Crippen molar-refractivity contribution in [3.05, 3.63) is 68.2 Å². The molecule has 0 spiro atoms. The number of nitrogens with zero attached hydrogens (tertiary/aromatic N) is 3. The van der Waals surface area contributed by atoms with E-state index in [0.29, 0.717) is 35.9 Å². The molecule has 0 aliphatic rings. The summed E-state index contributed by atoms with van der Waals surface area (Å²) in [7, 11) is 1.69. The Labute approximate surface area is 176 Å². The number of hydrogen-bond acceptors (Lipinski definition) is 6. The van der Waals surface area contributed by atoms with Gasteiger partial charge in [-0.2, -0.15) is 0 Å². The molecule has 30 heavy (non-hydrogen) atoms. The third-order valence-corrected chi connectivity index (χ3v) is 4.82. The number of halogens is 1. The fraction of sp³-hybridized carbons (Fsp3) is 0.300. The van der Waals surface area contributed by atoms with E-state index in [1.807, 2.05) is 0 Å². The Morgan fingerprint density at radius 3 is 2.70 bits per heavy atom. The number of likely N-dealkylation sites (N-methyl/N-ethyl adjacent to an activating group) is 1. The monoisotopic (exact) mass is 433 g/mol. The van der Waals surface area contributed by atoms with Crippen LogP contribution in [0.4, 0.5) is 5.69 Å². The van der Waals surface area contributed by atoms with Gasteiger partial charge in [-0.1, -0.05) is 11.6 Å². The largest absolute Gasteiger partial charge is 0.492 e. The summed E-state index contributed by atoms with van der Waals surface area (Å²) in [6.45, 7) is 1.03. The summed E-state index contributed by atoms with van der Waals surface area (Å²) < 4.78 is 12.0. The minimum Gasteiger partial charge on any atom is -0.492 e. The van der Waals surface area contributed by atoms with Crippen molar-refractivity contribution >= 4 is 34.3 Å². The molecular formula is C20H20ClN3O6. The standard InChI is InChI=1S/C20H20ClN3O6/c1-22(11-12-29-16-7-4-14(21)5-8-16)19(25)3-2-10-23-17-9-6-15(24(27)28)13-18(17)30-20(23)26/h4-9,13H,2-3,10-12H2,1H3. The number of hydrogen-bond donors (Lipinski definition) is 0. The van der Waals surface area contributed by atoms with E-state index in [2.05, 4.69) is 0 Å². The van der Waals surface area contributed by atoms with Gasteiger partial charge in [-0.3, -0.25) is 19.5 Å². The van der Waals surface area contributed by atoms with Gasteiger partial charge in [-0.25, -0.2) is 4.79 Å². The molecule has 0 saturated carbocycles. The second-order valence-electron chi connectivity index (χ2n) is 6.65. The molecule has 0 aliphatic heterocycles. The number of rotatable bonds is 9. The second kappa shape index (κ2) is 9.45. The molecule has 2 aromatic carbocycles. The average molecular weight is 434 g/mol. The third kappa shape index (κ3) is 5.18. The molecule has 0 atom stereocenters. The summed E-state index contributed by atoms with van der Waals surface area (Å²) in [4.78, 5) is 36.2. The van der Waals surface area contributed by atoms with Crippen LogP contribution in [0.3, 0.4) is 0 Å². The van der Waals surface area contributed by atoms with Crippen LogP contribution < -0.4 is 10.5 Å². The van der Waals surface area contributed by atoms with Crippen LogP contribution in [-0.4, -0.2) is 40.5 Å². The van der Waals surface area contributed by atoms with Crippen molar-refractivity contribution in [2.24, 2.45) is 0 Å². The predicted molar refractivity (Wildman–Crippen MR) is 111 cm³/mol. The highest BCUT2D eigenvalue weighted by Gasteiger charge is 2.15. The van der Waals surface area contributed by atoms with Crippen molar-refractivity contribution in [2.45, 2.75) is 19.4 Å². The fourth-order valence-electron chi connectivity index (χ4n) is 2.92. The summed E-state index contributed by atoms with van der Waals surface area (Å²) in [6.07, 6.45) is 0.663. The lowest BCUT2D eigenvalue weighted by Crippen LogP contribution is -2.31. The zero-order valence-corrected chi connectivity index (χ0v) is 17.0. The Morgan fingerprint density at radius 2 is 2.00 bits per heavy atom. The van der Waals surface area contributed by atoms with Crippen molar-refractivity contribution in [3.63, 3.8) is 0 Å². The van der Waals surface area contributed by atoms with Crippen LogP contribution in [0, 0.1) is 10.1 Å². The Kier molecular flexibility index (Phi) is 6.73. The van der Waals surface area contributed by atoms with Crippen LogP contribution in [0.2, 0.25) is 5.02 Å². The van der Waals surface area contributed by atoms with Gasteiger partial charge in [-0.05, 0) is 36.8 Å². The molecule has 0 N–H and O–H groups in total. The smallest absolute Gasteiger partial charge is 0.419 e. The summed E-state index contributed by atoms with van der Waals surface area (Å²) in [6, 6.07) is 11.0. The zero-order valence-electron chi connectivity index (χ0n) is 16.2. The normalized spacial score (nSPS) is 10.9. The van der Waals surface area contributed by atoms with E-state index in [4.69, 9.17) is 20.8 Å². The summed E-state index contributed by atoms with van der Waals surface area (Å²) in [5.74, 6) is -0.0134. The molecule has 3 aromatic rings. The maximum absolute atomic E-state index is 12.3. The molecule has 1 heterocycles. The van der Waals surface area contributed by atoms with E-state index < -0.39 is 10.7 Å². The topological polar surface area (TPSA) is 108 Å². The number of oxazole rings is 1. The van der Waals surface area contributed by atoms with Gasteiger partial charge in [-0.15, -0.1) is 0 Å². The van der Waals surface area contributed by atoms with Crippen molar-refractivity contribution in [2.75, 3.05) is 20.2 Å². The molecule has 0 bridgehead atoms. The van der Waals surface area contributed by atoms with Gasteiger partial charge in [0.2, 0.25) is 5.91 Å². The number of nitro benzene ring substituents is 1. The number of non-ortho nitro benzene ring substituents is 1. The van der Waals surface area contributed by atoms with Crippen LogP contribution in [0.15, 0.2) is 51.7 Å². The van der Waals surface area contributed by atoms with Gasteiger partial charge < -0.3 is 14.1 Å². The van der Waals surface area contributed by atoms with Gasteiger partial charge in [0, 0.05) is 31.1 Å². The summed E-state index contributed by atoms with van der Waals surface area (Å²) >= 11 is 5.82. The van der Waals surface area contributed by atoms with Gasteiger partial charge in [0.25, 0.3) is 5.69 Å². The first kappa shape index (κ1) is 21.4. The van der Waals surface area contributed by atoms with Crippen LogP contribution in [-0.2, 0) is 11.3 Å². The van der Waals surface area contributed by atoms with Crippen LogP contribution in [0.25, 0.3) is 11.1 Å². The van der Waals surface area contributed by atoms with Crippen molar-refractivity contribution in [1.29, 1.82) is 0 Å². The number of aromatic nitrogens is 1. The number of fused-ring (bicyclic) bond motifs is 1. The number of nitro groups is 1. The lowest BCUT2D eigenvalue weighted by atomic mass is 10.2. The molecule has 0 fully saturated rings. The summed E-state index contributed by atoms with van der Waals surface area (Å²) in [5.41, 5.74) is 0.459. The van der Waals surface area contributed by atoms with Gasteiger partial charge in [0.1, 0.15) is 12.4 Å². The van der Waals surface area contributed by atoms with E-state index in [9.17, 15) is 19.7 Å². The predicted octanol–water partition coefficient (Wildman–Crippen LogP) is 3.47. The minimum atomic E-state index is -0.609. The van der Waals surface area contributed by atoms with Gasteiger partial charge in [0.05, 0.1) is 23.1 Å². The lowest BCUT2D eigenvalue weighted by molar-refractivity contribution is -0.384. The van der Waals surface area contributed by atoms with E-state index >= 15 is 0 Å². The summed E-state index contributed by atoms with van der Waals surface area (Å²) in [5, 5.41) is 11.5. The lowest BCUT2D eigenvalue weighted by Gasteiger charge is -2.17. The maximum Gasteiger partial charge on any atom is 0.419 e. The van der Waals surface area contributed by atoms with Crippen LogP contribution in [0.1, 0.15) is 12.8 Å². The Balaban J connectivity index is 1.49. The Morgan fingerprint density at radius 1 is 1.27 bits per heavy atom. The zero-order chi connectivity index (χ0) is 21.7. The number of aryl methyl sites for hydroxylation is 1. The molecule has 3 rings (SSSR count). The average Bonchev–Trinajstić information content (AvgIpc) is 3.03. The van der Waals surface area contributed by atoms with Gasteiger partial charge >= 0.3 is 5.76 Å². The van der Waals surface area contributed by atoms with Crippen molar-refractivity contribution < 1.29 is 18.9 Å². The molecule has 0 aliphatic carbocycles. The second-order valence-corrected chi connectivity index (χ2v) is 7.09. The van der Waals surface area contributed by atoms with E-state index in [1.165, 1.54) is 22.8 Å². The first-order chi connectivity index (χ1) is 14.3. The Hall–Kier alpha value is -3.33. The highest BCUT2D eigenvalue weighted by Crippen LogP contribution is 2.20. The van der Waals surface area contributed by atoms with Gasteiger partial charge in [0.15, 0.2) is 5.58 Å². The Bertz CT molecular complexity index is 1110. The third-order valence-electron chi connectivity index (χ3n) is 4.57. The highest BCUT2D eigenvalue weighted by atomic mass is 35.5. The molecule has 1 amide bonds. The number of benzene rings is 2. The molecule has 1 aromatic heterocycles. The SMILES string of the molecule is CN(CCOc1ccc(Cl)cc1)C(=O)CCCn1c(=O)oc2cc([N+](=O)[O-])ccc21. The van der Waals surface area contributed by atoms with Crippen LogP contribution >= 0.6 is 11.6 Å². The first-order valence-electron chi connectivity index (χ1n) is 9.25. The molecular weight excluding hydrogens is 414 g/mol. The highest BCUT2D eigenvalue weighted by molar-refractivity contribution is 6.30. The number of amides is 1. The molecule has 10 heteroatoms. The van der Waals surface area contributed by atoms with E-state index in [1.54, 1.807) is 36.2 Å². The molecule has 9 nitrogen and oxygen atoms in total. The van der Waals surface area contributed by atoms with Crippen molar-refractivity contribution in [3.8, 4) is 5.75 Å². The van der Waals surface area contributed by atoms with E-state index in [-0.39, 0.29) is 30.1 Å². The minimum absolute atomic E-state index is 0.0776. The van der Waals surface area contributed by atoms with Crippen molar-refractivity contribution in [1.82, 2.24) is 9.47 Å². The molecule has 0 radical (unpaired) electrons. The number of ether oxygens (including phenoxy) is 1. The number of carbonyl (C=O) groups is 1. The molecule has 158 valence electrons. The molecule has 0 saturated heterocycles. The van der Waals surface area contributed by atoms with E-state index in [0.717, 1.165) is 0 Å². The number of carbonyl (C=O) groups excluding carboxylic acids is 1. The molecule has 0 unspecified atom stereocenters. The fourth-order valence-corrected chi connectivity index (χ4v) is 3.04. The maximum atomic E-state index is 12.3. The quantitative estimate of drug-likeness (QED) is 0.377. The van der Waals surface area contributed by atoms with Crippen LogP contribution in [0.5, 0.6) is 5.75 Å². The first-order valence-corrected chi connectivity index (χ1v) is 9.63.